The molecule has 2 rings (SSSR count). The minimum Gasteiger partial charge on any atom is -0.395 e. The summed E-state index contributed by atoms with van der Waals surface area (Å²) in [7, 11) is 0. The van der Waals surface area contributed by atoms with Crippen LogP contribution in [0.1, 0.15) is 13.8 Å². The lowest BCUT2D eigenvalue weighted by Crippen LogP contribution is -2.06. The molecule has 0 aliphatic heterocycles. The number of aromatic amines is 1. The second-order valence-corrected chi connectivity index (χ2v) is 5.02. The maximum Gasteiger partial charge on any atom is 0.225 e. The fourth-order valence-electron chi connectivity index (χ4n) is 1.36. The number of hydrogen-bond acceptors (Lipinski definition) is 6. The van der Waals surface area contributed by atoms with E-state index in [-0.39, 0.29) is 11.9 Å². The zero-order valence-electron chi connectivity index (χ0n) is 9.77. The van der Waals surface area contributed by atoms with Gasteiger partial charge in [0.05, 0.1) is 12.9 Å². The van der Waals surface area contributed by atoms with E-state index in [4.69, 9.17) is 5.11 Å². The minimum absolute atomic E-state index is 0.0888. The Morgan fingerprint density at radius 1 is 1.53 bits per heavy atom. The van der Waals surface area contributed by atoms with E-state index in [9.17, 15) is 0 Å². The van der Waals surface area contributed by atoms with Crippen molar-refractivity contribution >= 4 is 28.9 Å². The molecule has 0 amide bonds. The number of anilines is 1. The first-order chi connectivity index (χ1) is 8.24. The first-order valence-electron chi connectivity index (χ1n) is 5.47. The van der Waals surface area contributed by atoms with Gasteiger partial charge in [-0.1, -0.05) is 18.7 Å². The predicted molar refractivity (Wildman–Crippen MR) is 68.3 cm³/mol. The van der Waals surface area contributed by atoms with Gasteiger partial charge in [0, 0.05) is 11.8 Å². The molecule has 0 radical (unpaired) electrons. The Morgan fingerprint density at radius 3 is 3.06 bits per heavy atom. The second kappa shape index (κ2) is 5.33. The Balaban J connectivity index is 2.39. The van der Waals surface area contributed by atoms with Crippen LogP contribution in [-0.2, 0) is 0 Å². The van der Waals surface area contributed by atoms with Crippen molar-refractivity contribution in [2.75, 3.05) is 18.5 Å². The lowest BCUT2D eigenvalue weighted by molar-refractivity contribution is 0.300. The molecule has 2 aromatic rings. The number of H-pyrrole nitrogens is 1. The zero-order valence-corrected chi connectivity index (χ0v) is 10.6. The van der Waals surface area contributed by atoms with Crippen molar-refractivity contribution in [2.45, 2.75) is 24.1 Å². The summed E-state index contributed by atoms with van der Waals surface area (Å²) >= 11 is 1.51. The van der Waals surface area contributed by atoms with Gasteiger partial charge in [0.15, 0.2) is 5.65 Å². The summed E-state index contributed by atoms with van der Waals surface area (Å²) in [5.41, 5.74) is 1.46. The topological polar surface area (TPSA) is 86.7 Å². The van der Waals surface area contributed by atoms with E-state index in [1.807, 2.05) is 13.8 Å². The molecule has 0 aliphatic rings. The lowest BCUT2D eigenvalue weighted by atomic mass is 10.5. The molecule has 3 N–H and O–H groups in total. The van der Waals surface area contributed by atoms with Crippen LogP contribution in [0.3, 0.4) is 0 Å². The molecule has 2 heterocycles. The third kappa shape index (κ3) is 2.67. The lowest BCUT2D eigenvalue weighted by Gasteiger charge is -2.09. The average Bonchev–Trinajstić information content (AvgIpc) is 2.77. The van der Waals surface area contributed by atoms with Gasteiger partial charge in [-0.05, 0) is 6.92 Å². The summed E-state index contributed by atoms with van der Waals surface area (Å²) in [6.45, 7) is 4.81. The molecule has 0 saturated carbocycles. The van der Waals surface area contributed by atoms with Crippen molar-refractivity contribution in [1.29, 1.82) is 0 Å². The van der Waals surface area contributed by atoms with E-state index in [1.165, 1.54) is 11.8 Å². The number of aromatic nitrogens is 4. The van der Waals surface area contributed by atoms with Crippen molar-refractivity contribution in [3.05, 3.63) is 6.33 Å². The average molecular weight is 253 g/mol. The van der Waals surface area contributed by atoms with Gasteiger partial charge in [-0.25, -0.2) is 9.97 Å². The molecule has 0 aliphatic carbocycles. The SMILES string of the molecule is CCNc1nc(SC(C)CO)c2[nH]cnc2n1. The first kappa shape index (κ1) is 12.1. The van der Waals surface area contributed by atoms with Gasteiger partial charge in [-0.2, -0.15) is 4.98 Å². The van der Waals surface area contributed by atoms with Crippen LogP contribution < -0.4 is 5.32 Å². The first-order valence-corrected chi connectivity index (χ1v) is 6.35. The number of aliphatic hydroxyl groups excluding tert-OH is 1. The van der Waals surface area contributed by atoms with Crippen molar-refractivity contribution in [3.63, 3.8) is 0 Å². The summed E-state index contributed by atoms with van der Waals surface area (Å²) in [5.74, 6) is 0.569. The Hall–Kier alpha value is -1.34. The van der Waals surface area contributed by atoms with Crippen LogP contribution in [0.15, 0.2) is 11.4 Å². The van der Waals surface area contributed by atoms with Crippen molar-refractivity contribution in [2.24, 2.45) is 0 Å². The van der Waals surface area contributed by atoms with Crippen molar-refractivity contribution in [3.8, 4) is 0 Å². The van der Waals surface area contributed by atoms with E-state index in [1.54, 1.807) is 6.33 Å². The molecule has 0 fully saturated rings. The molecule has 0 bridgehead atoms. The van der Waals surface area contributed by atoms with Crippen LogP contribution in [0.4, 0.5) is 5.95 Å². The molecule has 1 atom stereocenters. The van der Waals surface area contributed by atoms with E-state index < -0.39 is 0 Å². The summed E-state index contributed by atoms with van der Waals surface area (Å²) in [6, 6.07) is 0. The molecule has 7 heteroatoms. The number of rotatable bonds is 5. The Morgan fingerprint density at radius 2 is 2.35 bits per heavy atom. The van der Waals surface area contributed by atoms with Crippen molar-refractivity contribution < 1.29 is 5.11 Å². The molecular weight excluding hydrogens is 238 g/mol. The quantitative estimate of drug-likeness (QED) is 0.549. The number of aliphatic hydroxyl groups is 1. The van der Waals surface area contributed by atoms with Gasteiger partial charge in [0.2, 0.25) is 5.95 Å². The van der Waals surface area contributed by atoms with Gasteiger partial charge in [0.1, 0.15) is 10.5 Å². The number of hydrogen-bond donors (Lipinski definition) is 3. The van der Waals surface area contributed by atoms with Crippen LogP contribution in [0.5, 0.6) is 0 Å². The summed E-state index contributed by atoms with van der Waals surface area (Å²) < 4.78 is 0. The van der Waals surface area contributed by atoms with Crippen molar-refractivity contribution in [1.82, 2.24) is 19.9 Å². The Kier molecular flexibility index (Phi) is 3.80. The zero-order chi connectivity index (χ0) is 12.3. The third-order valence-corrected chi connectivity index (χ3v) is 3.23. The number of nitrogens with one attached hydrogen (secondary N) is 2. The molecule has 6 nitrogen and oxygen atoms in total. The van der Waals surface area contributed by atoms with Crippen LogP contribution in [0, 0.1) is 0 Å². The van der Waals surface area contributed by atoms with Crippen LogP contribution in [-0.4, -0.2) is 43.4 Å². The molecule has 0 spiro atoms. The van der Waals surface area contributed by atoms with E-state index in [0.717, 1.165) is 17.1 Å². The predicted octanol–water partition coefficient (Wildman–Crippen LogP) is 1.26. The number of nitrogens with zero attached hydrogens (tertiary/aromatic N) is 3. The van der Waals surface area contributed by atoms with E-state index >= 15 is 0 Å². The second-order valence-electron chi connectivity index (χ2n) is 3.59. The largest absolute Gasteiger partial charge is 0.395 e. The van der Waals surface area contributed by atoms with Gasteiger partial charge in [-0.15, -0.1) is 0 Å². The Labute approximate surface area is 103 Å². The van der Waals surface area contributed by atoms with Gasteiger partial charge in [-0.3, -0.25) is 0 Å². The molecule has 1 unspecified atom stereocenters. The van der Waals surface area contributed by atoms with Crippen LogP contribution >= 0.6 is 11.8 Å². The highest BCUT2D eigenvalue weighted by Gasteiger charge is 2.12. The number of fused-ring (bicyclic) bond motifs is 1. The van der Waals surface area contributed by atoms with E-state index in [2.05, 4.69) is 25.3 Å². The molecule has 0 aromatic carbocycles. The van der Waals surface area contributed by atoms with Crippen LogP contribution in [0.25, 0.3) is 11.2 Å². The van der Waals surface area contributed by atoms with Gasteiger partial charge in [0.25, 0.3) is 0 Å². The monoisotopic (exact) mass is 253 g/mol. The summed E-state index contributed by atoms with van der Waals surface area (Å²) in [5, 5.41) is 13.1. The molecule has 0 saturated heterocycles. The minimum atomic E-state index is 0.0888. The normalized spacial score (nSPS) is 12.9. The molecule has 92 valence electrons. The highest BCUT2D eigenvalue weighted by molar-refractivity contribution is 8.00. The maximum atomic E-state index is 9.09. The summed E-state index contributed by atoms with van der Waals surface area (Å²) in [6.07, 6.45) is 1.60. The number of imidazole rings is 1. The smallest absolute Gasteiger partial charge is 0.225 e. The highest BCUT2D eigenvalue weighted by Crippen LogP contribution is 2.27. The maximum absolute atomic E-state index is 9.09. The molecular formula is C10H15N5OS. The third-order valence-electron chi connectivity index (χ3n) is 2.16. The highest BCUT2D eigenvalue weighted by atomic mass is 32.2. The molecule has 2 aromatic heterocycles. The molecule has 17 heavy (non-hydrogen) atoms. The fourth-order valence-corrected chi connectivity index (χ4v) is 2.22. The van der Waals surface area contributed by atoms with E-state index in [0.29, 0.717) is 11.6 Å². The standard InChI is InChI=1S/C10H15N5OS/c1-3-11-10-14-8-7(12-5-13-8)9(15-10)17-6(2)4-16/h5-6,16H,3-4H2,1-2H3,(H2,11,12,13,14,15). The Bertz CT molecular complexity index is 500. The van der Waals surface area contributed by atoms with Gasteiger partial charge < -0.3 is 15.4 Å². The summed E-state index contributed by atoms with van der Waals surface area (Å²) in [4.78, 5) is 15.8. The number of thioether (sulfide) groups is 1. The van der Waals surface area contributed by atoms with Gasteiger partial charge >= 0.3 is 0 Å². The van der Waals surface area contributed by atoms with Crippen LogP contribution in [0.2, 0.25) is 0 Å². The fraction of sp³-hybridized carbons (Fsp3) is 0.500.